The number of hydrogen-bond acceptors (Lipinski definition) is 4. The summed E-state index contributed by atoms with van der Waals surface area (Å²) in [7, 11) is 0. The molecule has 0 saturated carbocycles. The third kappa shape index (κ3) is 6.74. The SMILES string of the molecule is CCC(=O)Nc1cc(C(=O)CCCOc2ccc(C(F)(F)F)cc2Cl)cc(C)n1. The molecule has 0 spiro atoms. The zero-order valence-corrected chi connectivity index (χ0v) is 16.7. The molecular weight excluding hydrogens is 409 g/mol. The number of aromatic nitrogens is 1. The molecular formula is C20H20ClF3N2O3. The number of ketones is 1. The highest BCUT2D eigenvalue weighted by Gasteiger charge is 2.31. The smallest absolute Gasteiger partial charge is 0.416 e. The third-order valence-corrected chi connectivity index (χ3v) is 4.22. The first-order chi connectivity index (χ1) is 13.6. The average Bonchev–Trinajstić information content (AvgIpc) is 2.64. The summed E-state index contributed by atoms with van der Waals surface area (Å²) in [6.45, 7) is 3.54. The molecule has 1 amide bonds. The molecule has 5 nitrogen and oxygen atoms in total. The van der Waals surface area contributed by atoms with Crippen LogP contribution in [0.15, 0.2) is 30.3 Å². The van der Waals surface area contributed by atoms with Crippen LogP contribution in [0.25, 0.3) is 0 Å². The van der Waals surface area contributed by atoms with Gasteiger partial charge in [-0.2, -0.15) is 13.2 Å². The highest BCUT2D eigenvalue weighted by Crippen LogP contribution is 2.34. The molecule has 1 aromatic heterocycles. The first-order valence-corrected chi connectivity index (χ1v) is 9.29. The molecule has 1 aromatic carbocycles. The fraction of sp³-hybridized carbons (Fsp3) is 0.350. The molecule has 0 fully saturated rings. The van der Waals surface area contributed by atoms with E-state index in [2.05, 4.69) is 10.3 Å². The molecule has 0 aliphatic rings. The number of rotatable bonds is 8. The van der Waals surface area contributed by atoms with Crippen LogP contribution >= 0.6 is 11.6 Å². The number of aryl methyl sites for hydroxylation is 1. The summed E-state index contributed by atoms with van der Waals surface area (Å²) >= 11 is 5.83. The normalized spacial score (nSPS) is 11.2. The van der Waals surface area contributed by atoms with Crippen LogP contribution in [0.1, 0.15) is 47.8 Å². The highest BCUT2D eigenvalue weighted by atomic mass is 35.5. The van der Waals surface area contributed by atoms with Crippen molar-refractivity contribution >= 4 is 29.1 Å². The van der Waals surface area contributed by atoms with Crippen molar-refractivity contribution < 1.29 is 27.5 Å². The van der Waals surface area contributed by atoms with Gasteiger partial charge in [-0.05, 0) is 43.7 Å². The van der Waals surface area contributed by atoms with Crippen molar-refractivity contribution in [1.82, 2.24) is 4.98 Å². The van der Waals surface area contributed by atoms with E-state index in [9.17, 15) is 22.8 Å². The minimum Gasteiger partial charge on any atom is -0.492 e. The van der Waals surface area contributed by atoms with Crippen molar-refractivity contribution in [3.05, 3.63) is 52.2 Å². The maximum Gasteiger partial charge on any atom is 0.416 e. The Balaban J connectivity index is 1.91. The second-order valence-corrected chi connectivity index (χ2v) is 6.71. The van der Waals surface area contributed by atoms with E-state index in [0.717, 1.165) is 18.2 Å². The van der Waals surface area contributed by atoms with Gasteiger partial charge in [0.25, 0.3) is 0 Å². The topological polar surface area (TPSA) is 68.3 Å². The zero-order valence-electron chi connectivity index (χ0n) is 15.9. The van der Waals surface area contributed by atoms with E-state index in [1.807, 2.05) is 0 Å². The zero-order chi connectivity index (χ0) is 21.6. The van der Waals surface area contributed by atoms with Gasteiger partial charge in [-0.15, -0.1) is 0 Å². The molecule has 1 N–H and O–H groups in total. The standard InChI is InChI=1S/C20H20ClF3N2O3/c1-3-19(28)26-18-10-13(9-12(2)25-18)16(27)5-4-8-29-17-7-6-14(11-15(17)21)20(22,23)24/h6-7,9-11H,3-5,8H2,1-2H3,(H,25,26,28). The molecule has 1 heterocycles. The molecule has 0 radical (unpaired) electrons. The minimum atomic E-state index is -4.48. The van der Waals surface area contributed by atoms with Gasteiger partial charge in [-0.25, -0.2) is 4.98 Å². The number of anilines is 1. The molecule has 0 aliphatic heterocycles. The maximum absolute atomic E-state index is 12.6. The van der Waals surface area contributed by atoms with Gasteiger partial charge in [0.15, 0.2) is 5.78 Å². The van der Waals surface area contributed by atoms with Crippen LogP contribution in [0, 0.1) is 6.92 Å². The van der Waals surface area contributed by atoms with E-state index < -0.39 is 11.7 Å². The van der Waals surface area contributed by atoms with E-state index in [1.165, 1.54) is 6.07 Å². The van der Waals surface area contributed by atoms with Gasteiger partial charge < -0.3 is 10.1 Å². The summed E-state index contributed by atoms with van der Waals surface area (Å²) in [6.07, 6.45) is -3.69. The van der Waals surface area contributed by atoms with E-state index in [4.69, 9.17) is 16.3 Å². The predicted octanol–water partition coefficient (Wildman–Crippen LogP) is 5.45. The van der Waals surface area contributed by atoms with Crippen LogP contribution in [0.2, 0.25) is 5.02 Å². The monoisotopic (exact) mass is 428 g/mol. The number of amides is 1. The fourth-order valence-electron chi connectivity index (χ4n) is 2.48. The molecule has 156 valence electrons. The number of alkyl halides is 3. The second kappa shape index (κ2) is 9.73. The number of carbonyl (C=O) groups is 2. The van der Waals surface area contributed by atoms with E-state index in [1.54, 1.807) is 19.9 Å². The number of halogens is 4. The van der Waals surface area contributed by atoms with Crippen LogP contribution in [-0.2, 0) is 11.0 Å². The number of nitrogens with zero attached hydrogens (tertiary/aromatic N) is 1. The summed E-state index contributed by atoms with van der Waals surface area (Å²) in [5, 5.41) is 2.47. The Bertz CT molecular complexity index is 901. The van der Waals surface area contributed by atoms with Crippen molar-refractivity contribution in [2.75, 3.05) is 11.9 Å². The average molecular weight is 429 g/mol. The van der Waals surface area contributed by atoms with E-state index in [0.29, 0.717) is 29.9 Å². The quantitative estimate of drug-likeness (QED) is 0.448. The Hall–Kier alpha value is -2.61. The fourth-order valence-corrected chi connectivity index (χ4v) is 2.71. The minimum absolute atomic E-state index is 0.111. The number of benzene rings is 1. The van der Waals surface area contributed by atoms with Gasteiger partial charge in [-0.3, -0.25) is 9.59 Å². The molecule has 0 bridgehead atoms. The molecule has 0 aliphatic carbocycles. The molecule has 9 heteroatoms. The van der Waals surface area contributed by atoms with Gasteiger partial charge in [0.1, 0.15) is 11.6 Å². The molecule has 0 atom stereocenters. The number of carbonyl (C=O) groups excluding carboxylic acids is 2. The number of ether oxygens (including phenoxy) is 1. The predicted molar refractivity (Wildman–Crippen MR) is 103 cm³/mol. The Labute approximate surface area is 171 Å². The van der Waals surface area contributed by atoms with Crippen LogP contribution < -0.4 is 10.1 Å². The van der Waals surface area contributed by atoms with Crippen LogP contribution in [0.4, 0.5) is 19.0 Å². The number of Topliss-reactive ketones (excluding diaryl/α,β-unsaturated/α-hetero) is 1. The highest BCUT2D eigenvalue weighted by molar-refractivity contribution is 6.32. The largest absolute Gasteiger partial charge is 0.492 e. The van der Waals surface area contributed by atoms with Gasteiger partial charge in [0.05, 0.1) is 17.2 Å². The lowest BCUT2D eigenvalue weighted by Gasteiger charge is -2.11. The van der Waals surface area contributed by atoms with Crippen molar-refractivity contribution in [2.45, 2.75) is 39.3 Å². The van der Waals surface area contributed by atoms with Crippen LogP contribution in [-0.4, -0.2) is 23.3 Å². The molecule has 0 unspecified atom stereocenters. The number of nitrogens with one attached hydrogen (secondary N) is 1. The Morgan fingerprint density at radius 1 is 1.21 bits per heavy atom. The van der Waals surface area contributed by atoms with Crippen molar-refractivity contribution in [2.24, 2.45) is 0 Å². The molecule has 2 aromatic rings. The Kier molecular flexibility index (Phi) is 7.61. The molecule has 29 heavy (non-hydrogen) atoms. The second-order valence-electron chi connectivity index (χ2n) is 6.30. The van der Waals surface area contributed by atoms with Crippen molar-refractivity contribution in [3.63, 3.8) is 0 Å². The lowest BCUT2D eigenvalue weighted by atomic mass is 10.1. The summed E-state index contributed by atoms with van der Waals surface area (Å²) in [6, 6.07) is 5.97. The van der Waals surface area contributed by atoms with Crippen LogP contribution in [0.5, 0.6) is 5.75 Å². The molecule has 2 rings (SSSR count). The molecule has 0 saturated heterocycles. The summed E-state index contributed by atoms with van der Waals surface area (Å²) < 4.78 is 43.3. The van der Waals surface area contributed by atoms with Crippen molar-refractivity contribution in [1.29, 1.82) is 0 Å². The summed E-state index contributed by atoms with van der Waals surface area (Å²) in [5.74, 6) is 0.0670. The van der Waals surface area contributed by atoms with Gasteiger partial charge in [0.2, 0.25) is 5.91 Å². The van der Waals surface area contributed by atoms with Gasteiger partial charge >= 0.3 is 6.18 Å². The summed E-state index contributed by atoms with van der Waals surface area (Å²) in [5.41, 5.74) is 0.149. The lowest BCUT2D eigenvalue weighted by molar-refractivity contribution is -0.137. The van der Waals surface area contributed by atoms with E-state index in [-0.39, 0.29) is 35.5 Å². The number of pyridine rings is 1. The van der Waals surface area contributed by atoms with Crippen molar-refractivity contribution in [3.8, 4) is 5.75 Å². The Morgan fingerprint density at radius 2 is 1.93 bits per heavy atom. The Morgan fingerprint density at radius 3 is 2.55 bits per heavy atom. The number of hydrogen-bond donors (Lipinski definition) is 1. The first kappa shape index (κ1) is 22.7. The first-order valence-electron chi connectivity index (χ1n) is 8.91. The summed E-state index contributed by atoms with van der Waals surface area (Å²) in [4.78, 5) is 28.1. The maximum atomic E-state index is 12.6. The third-order valence-electron chi connectivity index (χ3n) is 3.93. The van der Waals surface area contributed by atoms with Gasteiger partial charge in [0, 0.05) is 24.1 Å². The van der Waals surface area contributed by atoms with Gasteiger partial charge in [-0.1, -0.05) is 18.5 Å². The van der Waals surface area contributed by atoms with Crippen LogP contribution in [0.3, 0.4) is 0 Å². The lowest BCUT2D eigenvalue weighted by Crippen LogP contribution is -2.12. The van der Waals surface area contributed by atoms with E-state index >= 15 is 0 Å².